The van der Waals surface area contributed by atoms with Crippen LogP contribution in [0.2, 0.25) is 0 Å². The number of imidazole rings is 1. The second-order valence-electron chi connectivity index (χ2n) is 12.2. The third-order valence-electron chi connectivity index (χ3n) is 9.11. The Morgan fingerprint density at radius 1 is 1.00 bits per heavy atom. The fourth-order valence-electron chi connectivity index (χ4n) is 6.55. The molecule has 1 saturated carbocycles. The van der Waals surface area contributed by atoms with Crippen LogP contribution in [-0.4, -0.2) is 83.6 Å². The maximum atomic E-state index is 13.3. The van der Waals surface area contributed by atoms with Crippen LogP contribution >= 0.6 is 0 Å². The van der Waals surface area contributed by atoms with Crippen molar-refractivity contribution in [1.82, 2.24) is 30.6 Å². The van der Waals surface area contributed by atoms with Crippen molar-refractivity contribution >= 4 is 35.0 Å². The van der Waals surface area contributed by atoms with Crippen molar-refractivity contribution in [2.75, 3.05) is 60.2 Å². The molecule has 2 aromatic heterocycles. The number of aromatic nitrogens is 4. The first-order chi connectivity index (χ1) is 21.5. The molecule has 6 rings (SSSR count). The van der Waals surface area contributed by atoms with Crippen LogP contribution in [0.4, 0.5) is 23.1 Å². The number of benzene rings is 1. The molecule has 1 aliphatic carbocycles. The smallest absolute Gasteiger partial charge is 0.291 e. The monoisotopic (exact) mass is 600 g/mol. The molecule has 12 heteroatoms. The fourth-order valence-corrected chi connectivity index (χ4v) is 6.55. The summed E-state index contributed by atoms with van der Waals surface area (Å²) in [6.45, 7) is 6.34. The Morgan fingerprint density at radius 2 is 1.80 bits per heavy atom. The number of rotatable bonds is 8. The first-order valence-corrected chi connectivity index (χ1v) is 16.0. The van der Waals surface area contributed by atoms with Crippen molar-refractivity contribution in [3.05, 3.63) is 42.4 Å². The van der Waals surface area contributed by atoms with Crippen molar-refractivity contribution in [2.45, 2.75) is 64.0 Å². The van der Waals surface area contributed by atoms with Crippen LogP contribution in [0.5, 0.6) is 0 Å². The maximum Gasteiger partial charge on any atom is 0.291 e. The van der Waals surface area contributed by atoms with Gasteiger partial charge in [0.05, 0.1) is 34.9 Å². The summed E-state index contributed by atoms with van der Waals surface area (Å²) < 4.78 is 0. The summed E-state index contributed by atoms with van der Waals surface area (Å²) in [5, 5.41) is 12.8. The van der Waals surface area contributed by atoms with Gasteiger partial charge in [-0.05, 0) is 44.7 Å². The Kier molecular flexibility index (Phi) is 9.25. The molecule has 2 aliphatic heterocycles. The molecule has 3 aromatic rings. The number of hydrogen-bond donors (Lipinski definition) is 5. The van der Waals surface area contributed by atoms with Crippen LogP contribution in [0.1, 0.15) is 62.5 Å². The molecule has 44 heavy (non-hydrogen) atoms. The fraction of sp³-hybridized carbons (Fsp3) is 0.531. The van der Waals surface area contributed by atoms with Crippen LogP contribution < -0.4 is 31.1 Å². The minimum absolute atomic E-state index is 0.0869. The molecule has 3 aliphatic rings. The predicted octanol–water partition coefficient (Wildman–Crippen LogP) is 3.62. The van der Waals surface area contributed by atoms with E-state index in [0.29, 0.717) is 29.9 Å². The lowest BCUT2D eigenvalue weighted by Crippen LogP contribution is -2.49. The number of H-pyrrole nitrogens is 1. The second-order valence-corrected chi connectivity index (χ2v) is 12.2. The van der Waals surface area contributed by atoms with Crippen molar-refractivity contribution in [3.8, 4) is 11.4 Å². The van der Waals surface area contributed by atoms with Crippen molar-refractivity contribution < 1.29 is 9.59 Å². The van der Waals surface area contributed by atoms with E-state index in [1.807, 2.05) is 30.3 Å². The lowest BCUT2D eigenvalue weighted by atomic mass is 9.91. The van der Waals surface area contributed by atoms with Crippen molar-refractivity contribution in [2.24, 2.45) is 5.92 Å². The van der Waals surface area contributed by atoms with Crippen molar-refractivity contribution in [1.29, 1.82) is 0 Å². The van der Waals surface area contributed by atoms with Gasteiger partial charge in [-0.2, -0.15) is 4.98 Å². The number of piperazine rings is 1. The highest BCUT2D eigenvalue weighted by molar-refractivity contribution is 6.04. The summed E-state index contributed by atoms with van der Waals surface area (Å²) in [5.74, 6) is 1.15. The Labute approximate surface area is 258 Å². The molecule has 2 saturated heterocycles. The zero-order valence-corrected chi connectivity index (χ0v) is 25.7. The van der Waals surface area contributed by atoms with E-state index in [9.17, 15) is 9.59 Å². The number of para-hydroxylation sites is 2. The first-order valence-electron chi connectivity index (χ1n) is 16.0. The number of carbonyl (C=O) groups excluding carboxylic acids is 2. The molecule has 3 fully saturated rings. The van der Waals surface area contributed by atoms with Gasteiger partial charge < -0.3 is 36.1 Å². The standard InChI is InChI=1S/C32H44N10O2/c1-21-12-13-22(30(43)36-23-8-4-3-5-9-23)20-42(21)28-18-25(39-32(33-2)40-28)26-19-35-29(37-26)31(44)38-24-10-6-7-11-27(24)41-16-14-34-15-17-41/h6-7,10-11,18-19,21-23,34H,3-5,8-9,12-17,20H2,1-2H3,(H,35,37)(H,36,43)(H,38,44)(H,33,39,40). The van der Waals surface area contributed by atoms with Crippen LogP contribution in [0.25, 0.3) is 11.4 Å². The summed E-state index contributed by atoms with van der Waals surface area (Å²) in [6, 6.07) is 10.3. The van der Waals surface area contributed by atoms with E-state index in [-0.39, 0.29) is 29.6 Å². The molecule has 5 N–H and O–H groups in total. The van der Waals surface area contributed by atoms with Gasteiger partial charge in [0.25, 0.3) is 5.91 Å². The third kappa shape index (κ3) is 6.80. The van der Waals surface area contributed by atoms with Gasteiger partial charge in [0.15, 0.2) is 5.82 Å². The molecular weight excluding hydrogens is 556 g/mol. The van der Waals surface area contributed by atoms with E-state index in [1.165, 1.54) is 19.3 Å². The van der Waals surface area contributed by atoms with Crippen LogP contribution in [0.3, 0.4) is 0 Å². The van der Waals surface area contributed by atoms with E-state index in [2.05, 4.69) is 52.9 Å². The molecule has 2 amide bonds. The van der Waals surface area contributed by atoms with Crippen LogP contribution in [-0.2, 0) is 4.79 Å². The highest BCUT2D eigenvalue weighted by Crippen LogP contribution is 2.31. The molecular formula is C32H44N10O2. The first kappa shape index (κ1) is 29.9. The number of aromatic amines is 1. The molecule has 2 atom stereocenters. The normalized spacial score (nSPS) is 21.1. The van der Waals surface area contributed by atoms with Crippen LogP contribution in [0.15, 0.2) is 36.5 Å². The quantitative estimate of drug-likeness (QED) is 0.262. The van der Waals surface area contributed by atoms with E-state index in [4.69, 9.17) is 4.98 Å². The van der Waals surface area contributed by atoms with Gasteiger partial charge in [0.1, 0.15) is 5.82 Å². The third-order valence-corrected chi connectivity index (χ3v) is 9.11. The zero-order chi connectivity index (χ0) is 30.5. The highest BCUT2D eigenvalue weighted by atomic mass is 16.2. The summed E-state index contributed by atoms with van der Waals surface area (Å²) in [5.41, 5.74) is 2.98. The Bertz CT molecular complexity index is 1450. The number of anilines is 4. The maximum absolute atomic E-state index is 13.3. The summed E-state index contributed by atoms with van der Waals surface area (Å²) in [4.78, 5) is 48.0. The molecule has 4 heterocycles. The molecule has 234 valence electrons. The number of amides is 2. The molecule has 0 bridgehead atoms. The number of nitrogens with one attached hydrogen (secondary N) is 5. The zero-order valence-electron chi connectivity index (χ0n) is 25.7. The van der Waals surface area contributed by atoms with Crippen molar-refractivity contribution in [3.63, 3.8) is 0 Å². The molecule has 12 nitrogen and oxygen atoms in total. The molecule has 0 spiro atoms. The number of piperidine rings is 1. The molecule has 2 unspecified atom stereocenters. The van der Waals surface area contributed by atoms with E-state index >= 15 is 0 Å². The number of carbonyl (C=O) groups is 2. The SMILES string of the molecule is CNc1nc(-c2cnc(C(=O)Nc3ccccc3N3CCNCC3)[nH]2)cc(N2CC(C(=O)NC3CCCCC3)CCC2C)n1. The Balaban J connectivity index is 1.18. The van der Waals surface area contributed by atoms with Gasteiger partial charge in [0, 0.05) is 57.9 Å². The average molecular weight is 601 g/mol. The van der Waals surface area contributed by atoms with E-state index in [1.54, 1.807) is 13.2 Å². The number of nitrogens with zero attached hydrogens (tertiary/aromatic N) is 5. The summed E-state index contributed by atoms with van der Waals surface area (Å²) >= 11 is 0. The lowest BCUT2D eigenvalue weighted by Gasteiger charge is -2.39. The van der Waals surface area contributed by atoms with Gasteiger partial charge >= 0.3 is 0 Å². The minimum atomic E-state index is -0.321. The number of hydrogen-bond acceptors (Lipinski definition) is 9. The van der Waals surface area contributed by atoms with E-state index in [0.717, 1.165) is 69.1 Å². The van der Waals surface area contributed by atoms with Crippen LogP contribution in [0, 0.1) is 5.92 Å². The average Bonchev–Trinajstić information content (AvgIpc) is 3.57. The van der Waals surface area contributed by atoms with Gasteiger partial charge in [-0.15, -0.1) is 0 Å². The highest BCUT2D eigenvalue weighted by Gasteiger charge is 2.32. The largest absolute Gasteiger partial charge is 0.367 e. The Morgan fingerprint density at radius 3 is 2.59 bits per heavy atom. The second kappa shape index (κ2) is 13.6. The van der Waals surface area contributed by atoms with E-state index < -0.39 is 0 Å². The topological polar surface area (TPSA) is 143 Å². The summed E-state index contributed by atoms with van der Waals surface area (Å²) in [7, 11) is 1.78. The molecule has 0 radical (unpaired) electrons. The van der Waals surface area contributed by atoms with Gasteiger partial charge in [0.2, 0.25) is 11.9 Å². The van der Waals surface area contributed by atoms with Gasteiger partial charge in [-0.1, -0.05) is 31.4 Å². The Hall–Kier alpha value is -4.19. The van der Waals surface area contributed by atoms with Gasteiger partial charge in [-0.3, -0.25) is 9.59 Å². The minimum Gasteiger partial charge on any atom is -0.367 e. The molecule has 1 aromatic carbocycles. The predicted molar refractivity (Wildman–Crippen MR) is 173 cm³/mol. The van der Waals surface area contributed by atoms with Gasteiger partial charge in [-0.25, -0.2) is 9.97 Å². The lowest BCUT2D eigenvalue weighted by molar-refractivity contribution is -0.126. The summed E-state index contributed by atoms with van der Waals surface area (Å²) in [6.07, 6.45) is 9.19.